The highest BCUT2D eigenvalue weighted by atomic mass is 32.2. The zero-order valence-corrected chi connectivity index (χ0v) is 18.1. The molecule has 166 valence electrons. The van der Waals surface area contributed by atoms with E-state index in [1.807, 2.05) is 0 Å². The van der Waals surface area contributed by atoms with Gasteiger partial charge in [0.25, 0.3) is 5.56 Å². The van der Waals surface area contributed by atoms with Gasteiger partial charge in [-0.15, -0.1) is 0 Å². The summed E-state index contributed by atoms with van der Waals surface area (Å²) in [6, 6.07) is 5.45. The first-order valence-corrected chi connectivity index (χ1v) is 12.2. The Kier molecular flexibility index (Phi) is 5.94. The summed E-state index contributed by atoms with van der Waals surface area (Å²) in [7, 11) is -3.39. The van der Waals surface area contributed by atoms with E-state index in [0.29, 0.717) is 42.0 Å². The third-order valence-electron chi connectivity index (χ3n) is 5.93. The van der Waals surface area contributed by atoms with Crippen molar-refractivity contribution < 1.29 is 17.6 Å². The number of benzene rings is 1. The molecular formula is C21H25FN4O4S. The summed E-state index contributed by atoms with van der Waals surface area (Å²) < 4.78 is 38.3. The number of hydrogen-bond acceptors (Lipinski definition) is 5. The minimum absolute atomic E-state index is 0.0569. The van der Waals surface area contributed by atoms with Crippen molar-refractivity contribution in [2.24, 2.45) is 0 Å². The van der Waals surface area contributed by atoms with Crippen molar-refractivity contribution in [3.63, 3.8) is 0 Å². The molecule has 4 rings (SSSR count). The number of sulfonamides is 1. The predicted octanol–water partition coefficient (Wildman–Crippen LogP) is 1.52. The third kappa shape index (κ3) is 4.69. The molecule has 10 heteroatoms. The number of likely N-dealkylation sites (tertiary alicyclic amines) is 1. The molecule has 1 saturated heterocycles. The number of hydrogen-bond donors (Lipinski definition) is 1. The Labute approximate surface area is 180 Å². The molecule has 1 fully saturated rings. The Morgan fingerprint density at radius 1 is 1.23 bits per heavy atom. The number of aromatic amines is 1. The van der Waals surface area contributed by atoms with Crippen LogP contribution in [0.4, 0.5) is 4.39 Å². The lowest BCUT2D eigenvalue weighted by atomic mass is 9.99. The molecule has 3 heterocycles. The Hall–Kier alpha value is -2.59. The van der Waals surface area contributed by atoms with Crippen LogP contribution in [-0.2, 0) is 34.2 Å². The van der Waals surface area contributed by atoms with Gasteiger partial charge in [-0.05, 0) is 43.4 Å². The molecule has 0 saturated carbocycles. The van der Waals surface area contributed by atoms with E-state index in [-0.39, 0.29) is 42.8 Å². The predicted molar refractivity (Wildman–Crippen MR) is 112 cm³/mol. The summed E-state index contributed by atoms with van der Waals surface area (Å²) in [6.07, 6.45) is 3.98. The normalized spacial score (nSPS) is 19.8. The van der Waals surface area contributed by atoms with Crippen LogP contribution in [0.2, 0.25) is 0 Å². The summed E-state index contributed by atoms with van der Waals surface area (Å²) in [5.74, 6) is -0.0771. The van der Waals surface area contributed by atoms with Gasteiger partial charge in [0.1, 0.15) is 11.6 Å². The van der Waals surface area contributed by atoms with Crippen LogP contribution in [0, 0.1) is 5.82 Å². The number of aromatic nitrogens is 2. The van der Waals surface area contributed by atoms with Gasteiger partial charge in [0.15, 0.2) is 0 Å². The number of nitrogens with zero attached hydrogens (tertiary/aromatic N) is 3. The largest absolute Gasteiger partial charge is 0.332 e. The highest BCUT2D eigenvalue weighted by Crippen LogP contribution is 2.30. The zero-order chi connectivity index (χ0) is 22.2. The fourth-order valence-electron chi connectivity index (χ4n) is 4.27. The first-order chi connectivity index (χ1) is 14.7. The molecule has 2 aromatic rings. The maximum Gasteiger partial charge on any atom is 0.254 e. The zero-order valence-electron chi connectivity index (χ0n) is 17.3. The summed E-state index contributed by atoms with van der Waals surface area (Å²) in [6.45, 7) is 0.851. The minimum atomic E-state index is -3.39. The Balaban J connectivity index is 1.61. The number of halogens is 1. The molecular weight excluding hydrogens is 423 g/mol. The van der Waals surface area contributed by atoms with Gasteiger partial charge in [-0.2, -0.15) is 4.31 Å². The highest BCUT2D eigenvalue weighted by molar-refractivity contribution is 7.88. The summed E-state index contributed by atoms with van der Waals surface area (Å²) >= 11 is 0. The lowest BCUT2D eigenvalue weighted by Gasteiger charge is -2.36. The SMILES string of the molecule is CS(=O)(=O)N1CCc2c(nc(C3CCCCN3C(=O)Cc3ccc(F)cc3)[nH]c2=O)C1. The van der Waals surface area contributed by atoms with Crippen LogP contribution in [-0.4, -0.2) is 52.8 Å². The van der Waals surface area contributed by atoms with Crippen LogP contribution in [0.25, 0.3) is 0 Å². The molecule has 1 N–H and O–H groups in total. The van der Waals surface area contributed by atoms with Crippen LogP contribution < -0.4 is 5.56 Å². The molecule has 31 heavy (non-hydrogen) atoms. The number of piperidine rings is 1. The minimum Gasteiger partial charge on any atom is -0.332 e. The molecule has 1 aromatic carbocycles. The average molecular weight is 449 g/mol. The average Bonchev–Trinajstić information content (AvgIpc) is 2.74. The number of amides is 1. The maximum absolute atomic E-state index is 13.2. The van der Waals surface area contributed by atoms with Crippen LogP contribution in [0.3, 0.4) is 0 Å². The van der Waals surface area contributed by atoms with E-state index in [1.165, 1.54) is 16.4 Å². The quantitative estimate of drug-likeness (QED) is 0.764. The second-order valence-electron chi connectivity index (χ2n) is 8.12. The first kappa shape index (κ1) is 21.6. The number of rotatable bonds is 4. The fraction of sp³-hybridized carbons (Fsp3) is 0.476. The van der Waals surface area contributed by atoms with Crippen LogP contribution >= 0.6 is 0 Å². The van der Waals surface area contributed by atoms with Gasteiger partial charge in [-0.3, -0.25) is 9.59 Å². The maximum atomic E-state index is 13.2. The number of fused-ring (bicyclic) bond motifs is 1. The molecule has 1 unspecified atom stereocenters. The van der Waals surface area contributed by atoms with Gasteiger partial charge in [-0.25, -0.2) is 17.8 Å². The van der Waals surface area contributed by atoms with E-state index in [0.717, 1.165) is 19.1 Å². The van der Waals surface area contributed by atoms with Crippen LogP contribution in [0.5, 0.6) is 0 Å². The first-order valence-electron chi connectivity index (χ1n) is 10.3. The van der Waals surface area contributed by atoms with Gasteiger partial charge in [0, 0.05) is 18.7 Å². The van der Waals surface area contributed by atoms with Crippen molar-refractivity contribution in [2.45, 2.75) is 44.7 Å². The fourth-order valence-corrected chi connectivity index (χ4v) is 5.05. The molecule has 1 amide bonds. The van der Waals surface area contributed by atoms with E-state index in [4.69, 9.17) is 0 Å². The topological polar surface area (TPSA) is 103 Å². The Morgan fingerprint density at radius 2 is 1.97 bits per heavy atom. The third-order valence-corrected chi connectivity index (χ3v) is 7.18. The van der Waals surface area contributed by atoms with Crippen molar-refractivity contribution in [2.75, 3.05) is 19.3 Å². The van der Waals surface area contributed by atoms with Crippen molar-refractivity contribution in [3.05, 3.63) is 63.1 Å². The van der Waals surface area contributed by atoms with E-state index >= 15 is 0 Å². The standard InChI is InChI=1S/C21H25FN4O4S/c1-31(29,30)25-11-9-16-17(13-25)23-20(24-21(16)28)18-4-2-3-10-26(18)19(27)12-14-5-7-15(22)8-6-14/h5-8,18H,2-4,9-13H2,1H3,(H,23,24,28). The van der Waals surface area contributed by atoms with Crippen LogP contribution in [0.1, 0.15) is 47.9 Å². The van der Waals surface area contributed by atoms with Gasteiger partial charge < -0.3 is 9.88 Å². The lowest BCUT2D eigenvalue weighted by Crippen LogP contribution is -2.42. The van der Waals surface area contributed by atoms with Crippen molar-refractivity contribution >= 4 is 15.9 Å². The van der Waals surface area contributed by atoms with E-state index in [9.17, 15) is 22.4 Å². The van der Waals surface area contributed by atoms with Gasteiger partial charge in [0.05, 0.1) is 31.0 Å². The molecule has 0 aliphatic carbocycles. The Morgan fingerprint density at radius 3 is 2.68 bits per heavy atom. The smallest absolute Gasteiger partial charge is 0.254 e. The molecule has 1 aromatic heterocycles. The molecule has 0 radical (unpaired) electrons. The summed E-state index contributed by atoms with van der Waals surface area (Å²) in [5, 5.41) is 0. The lowest BCUT2D eigenvalue weighted by molar-refractivity contribution is -0.134. The molecule has 1 atom stereocenters. The highest BCUT2D eigenvalue weighted by Gasteiger charge is 2.32. The van der Waals surface area contributed by atoms with E-state index in [1.54, 1.807) is 17.0 Å². The van der Waals surface area contributed by atoms with Crippen LogP contribution in [0.15, 0.2) is 29.1 Å². The van der Waals surface area contributed by atoms with Crippen molar-refractivity contribution in [1.29, 1.82) is 0 Å². The molecule has 8 nitrogen and oxygen atoms in total. The second-order valence-corrected chi connectivity index (χ2v) is 10.1. The monoisotopic (exact) mass is 448 g/mol. The van der Waals surface area contributed by atoms with Gasteiger partial charge in [-0.1, -0.05) is 12.1 Å². The molecule has 2 aliphatic heterocycles. The molecule has 0 bridgehead atoms. The van der Waals surface area contributed by atoms with Crippen molar-refractivity contribution in [1.82, 2.24) is 19.2 Å². The number of carbonyl (C=O) groups excluding carboxylic acids is 1. The summed E-state index contributed by atoms with van der Waals surface area (Å²) in [5.41, 5.74) is 1.40. The van der Waals surface area contributed by atoms with E-state index in [2.05, 4.69) is 9.97 Å². The van der Waals surface area contributed by atoms with Crippen molar-refractivity contribution in [3.8, 4) is 0 Å². The molecule has 0 spiro atoms. The Bertz CT molecular complexity index is 1150. The van der Waals surface area contributed by atoms with Gasteiger partial charge in [0.2, 0.25) is 15.9 Å². The van der Waals surface area contributed by atoms with E-state index < -0.39 is 10.0 Å². The molecule has 2 aliphatic rings. The summed E-state index contributed by atoms with van der Waals surface area (Å²) in [4.78, 5) is 34.9. The number of nitrogens with one attached hydrogen (secondary N) is 1. The second kappa shape index (κ2) is 8.51. The number of carbonyl (C=O) groups is 1. The van der Waals surface area contributed by atoms with Gasteiger partial charge >= 0.3 is 0 Å². The number of H-pyrrole nitrogens is 1.